The number of nitrogens with zero attached hydrogens (tertiary/aromatic N) is 2. The van der Waals surface area contributed by atoms with Crippen LogP contribution in [0, 0.1) is 19.3 Å². The highest BCUT2D eigenvalue weighted by molar-refractivity contribution is 5.39. The molecular weight excluding hydrogens is 334 g/mol. The lowest BCUT2D eigenvalue weighted by Gasteiger charge is -2.20. The Morgan fingerprint density at radius 2 is 1.75 bits per heavy atom. The van der Waals surface area contributed by atoms with Gasteiger partial charge in [0.05, 0.1) is 28.4 Å². The smallest absolute Gasteiger partial charge is 0.264 e. The van der Waals surface area contributed by atoms with Crippen LogP contribution in [0.25, 0.3) is 0 Å². The second kappa shape index (κ2) is 5.89. The molecule has 128 valence electrons. The van der Waals surface area contributed by atoms with Crippen molar-refractivity contribution in [1.82, 2.24) is 9.78 Å². The molecule has 0 aliphatic heterocycles. The number of hydrogen-bond acceptors (Lipinski definition) is 1. The second-order valence-electron chi connectivity index (χ2n) is 5.23. The zero-order chi connectivity index (χ0) is 18.3. The van der Waals surface area contributed by atoms with Crippen LogP contribution in [-0.2, 0) is 12.4 Å². The van der Waals surface area contributed by atoms with Crippen molar-refractivity contribution in [3.63, 3.8) is 0 Å². The van der Waals surface area contributed by atoms with Crippen molar-refractivity contribution < 1.29 is 26.3 Å². The van der Waals surface area contributed by atoms with E-state index in [0.717, 1.165) is 6.07 Å². The molecule has 0 aliphatic rings. The van der Waals surface area contributed by atoms with E-state index in [-0.39, 0.29) is 11.6 Å². The Morgan fingerprint density at radius 1 is 1.12 bits per heavy atom. The van der Waals surface area contributed by atoms with Crippen LogP contribution in [0.1, 0.15) is 40.9 Å². The number of benzene rings is 1. The molecule has 24 heavy (non-hydrogen) atoms. The average Bonchev–Trinajstić information content (AvgIpc) is 2.85. The minimum atomic E-state index is -4.93. The van der Waals surface area contributed by atoms with E-state index in [0.29, 0.717) is 17.3 Å². The summed E-state index contributed by atoms with van der Waals surface area (Å²) in [6, 6.07) is 0.622. The third-order valence-corrected chi connectivity index (χ3v) is 3.61. The first-order valence-electron chi connectivity index (χ1n) is 6.76. The van der Waals surface area contributed by atoms with Gasteiger partial charge < -0.3 is 0 Å². The summed E-state index contributed by atoms with van der Waals surface area (Å²) in [5, 5.41) is 4.04. The van der Waals surface area contributed by atoms with Crippen molar-refractivity contribution in [2.24, 2.45) is 0 Å². The molecular formula is C16H12F6N2. The van der Waals surface area contributed by atoms with Gasteiger partial charge in [0.1, 0.15) is 0 Å². The molecule has 1 atom stereocenters. The van der Waals surface area contributed by atoms with Crippen LogP contribution < -0.4 is 0 Å². The molecule has 0 N–H and O–H groups in total. The van der Waals surface area contributed by atoms with E-state index >= 15 is 0 Å². The summed E-state index contributed by atoms with van der Waals surface area (Å²) in [4.78, 5) is 0. The van der Waals surface area contributed by atoms with E-state index in [1.807, 2.05) is 0 Å². The van der Waals surface area contributed by atoms with Gasteiger partial charge in [-0.3, -0.25) is 4.68 Å². The van der Waals surface area contributed by atoms with Crippen LogP contribution in [0.3, 0.4) is 0 Å². The molecule has 0 fully saturated rings. The highest BCUT2D eigenvalue weighted by atomic mass is 19.4. The minimum Gasteiger partial charge on any atom is -0.264 e. The van der Waals surface area contributed by atoms with Crippen molar-refractivity contribution in [3.8, 4) is 12.3 Å². The molecule has 0 radical (unpaired) electrons. The quantitative estimate of drug-likeness (QED) is 0.563. The van der Waals surface area contributed by atoms with Gasteiger partial charge in [0.25, 0.3) is 0 Å². The molecule has 2 nitrogen and oxygen atoms in total. The molecule has 0 saturated carbocycles. The van der Waals surface area contributed by atoms with Gasteiger partial charge in [0, 0.05) is 6.20 Å². The fourth-order valence-corrected chi connectivity index (χ4v) is 2.31. The van der Waals surface area contributed by atoms with E-state index in [4.69, 9.17) is 6.42 Å². The average molecular weight is 346 g/mol. The number of terminal acetylenes is 1. The number of hydrogen-bond donors (Lipinski definition) is 0. The van der Waals surface area contributed by atoms with Crippen molar-refractivity contribution in [3.05, 3.63) is 52.3 Å². The molecule has 2 aromatic rings. The predicted octanol–water partition coefficient (Wildman–Crippen LogP) is 4.82. The number of aryl methyl sites for hydroxylation is 1. The zero-order valence-corrected chi connectivity index (χ0v) is 12.6. The Labute approximate surface area is 134 Å². The van der Waals surface area contributed by atoms with Gasteiger partial charge in [-0.2, -0.15) is 31.4 Å². The Bertz CT molecular complexity index is 792. The van der Waals surface area contributed by atoms with E-state index < -0.39 is 29.5 Å². The van der Waals surface area contributed by atoms with Gasteiger partial charge in [-0.05, 0) is 31.5 Å². The fourth-order valence-electron chi connectivity index (χ4n) is 2.31. The largest absolute Gasteiger partial charge is 0.416 e. The number of halogens is 6. The lowest BCUT2D eigenvalue weighted by Crippen LogP contribution is -2.17. The molecule has 2 rings (SSSR count). The molecule has 8 heteroatoms. The third-order valence-electron chi connectivity index (χ3n) is 3.61. The maximum absolute atomic E-state index is 13.2. The molecule has 0 bridgehead atoms. The minimum absolute atomic E-state index is 0.115. The summed E-state index contributed by atoms with van der Waals surface area (Å²) in [6.45, 7) is 3.00. The van der Waals surface area contributed by atoms with Crippen LogP contribution in [0.2, 0.25) is 0 Å². The highest BCUT2D eigenvalue weighted by Crippen LogP contribution is 2.39. The lowest BCUT2D eigenvalue weighted by atomic mass is 9.98. The van der Waals surface area contributed by atoms with Gasteiger partial charge in [-0.15, -0.1) is 6.42 Å². The summed E-state index contributed by atoms with van der Waals surface area (Å²) in [7, 11) is 0. The summed E-state index contributed by atoms with van der Waals surface area (Å²) in [6.07, 6.45) is -3.14. The van der Waals surface area contributed by atoms with E-state index in [9.17, 15) is 26.3 Å². The van der Waals surface area contributed by atoms with Gasteiger partial charge in [-0.1, -0.05) is 12.0 Å². The first-order valence-corrected chi connectivity index (χ1v) is 6.76. The normalized spacial score (nSPS) is 13.6. The van der Waals surface area contributed by atoms with Gasteiger partial charge in [0.2, 0.25) is 0 Å². The van der Waals surface area contributed by atoms with Gasteiger partial charge in [-0.25, -0.2) is 0 Å². The molecule has 0 aliphatic carbocycles. The highest BCUT2D eigenvalue weighted by Gasteiger charge is 2.39. The van der Waals surface area contributed by atoms with Crippen LogP contribution in [0.4, 0.5) is 26.3 Å². The van der Waals surface area contributed by atoms with Gasteiger partial charge in [0.15, 0.2) is 0 Å². The molecule has 0 amide bonds. The maximum atomic E-state index is 13.2. The Kier molecular flexibility index (Phi) is 4.40. The number of rotatable bonds is 2. The SMILES string of the molecule is C#Cc1cn(C(C)c2ccc(C(F)(F)F)cc2C(F)(F)F)nc1C. The molecule has 1 unspecified atom stereocenters. The number of aromatic nitrogens is 2. The van der Waals surface area contributed by atoms with Crippen molar-refractivity contribution in [2.45, 2.75) is 32.2 Å². The lowest BCUT2D eigenvalue weighted by molar-refractivity contribution is -0.143. The standard InChI is InChI=1S/C16H12F6N2/c1-4-11-8-24(23-9(11)2)10(3)13-6-5-12(15(17,18)19)7-14(13)16(20,21)22/h1,5-8,10H,2-3H3. The van der Waals surface area contributed by atoms with Gasteiger partial charge >= 0.3 is 12.4 Å². The topological polar surface area (TPSA) is 17.8 Å². The Hall–Kier alpha value is -2.43. The first kappa shape index (κ1) is 17.9. The van der Waals surface area contributed by atoms with Crippen LogP contribution in [0.5, 0.6) is 0 Å². The van der Waals surface area contributed by atoms with Crippen LogP contribution in [-0.4, -0.2) is 9.78 Å². The van der Waals surface area contributed by atoms with E-state index in [2.05, 4.69) is 11.0 Å². The molecule has 0 saturated heterocycles. The van der Waals surface area contributed by atoms with Crippen molar-refractivity contribution >= 4 is 0 Å². The van der Waals surface area contributed by atoms with Crippen molar-refractivity contribution in [1.29, 1.82) is 0 Å². The molecule has 1 aromatic carbocycles. The Balaban J connectivity index is 2.58. The third kappa shape index (κ3) is 3.40. The first-order chi connectivity index (χ1) is 10.9. The van der Waals surface area contributed by atoms with E-state index in [1.54, 1.807) is 6.92 Å². The summed E-state index contributed by atoms with van der Waals surface area (Å²) in [5.74, 6) is 2.34. The molecule has 1 heterocycles. The summed E-state index contributed by atoms with van der Waals surface area (Å²) < 4.78 is 79.0. The molecule has 1 aromatic heterocycles. The maximum Gasteiger partial charge on any atom is 0.416 e. The van der Waals surface area contributed by atoms with E-state index in [1.165, 1.54) is 17.8 Å². The van der Waals surface area contributed by atoms with Crippen molar-refractivity contribution in [2.75, 3.05) is 0 Å². The second-order valence-corrected chi connectivity index (χ2v) is 5.23. The molecule has 0 spiro atoms. The predicted molar refractivity (Wildman–Crippen MR) is 75.2 cm³/mol. The zero-order valence-electron chi connectivity index (χ0n) is 12.6. The van der Waals surface area contributed by atoms with Crippen LogP contribution in [0.15, 0.2) is 24.4 Å². The fraction of sp³-hybridized carbons (Fsp3) is 0.312. The Morgan fingerprint density at radius 3 is 2.21 bits per heavy atom. The summed E-state index contributed by atoms with van der Waals surface area (Å²) in [5.41, 5.74) is -2.17. The number of alkyl halides is 6. The summed E-state index contributed by atoms with van der Waals surface area (Å²) >= 11 is 0. The van der Waals surface area contributed by atoms with Crippen LogP contribution >= 0.6 is 0 Å². The monoisotopic (exact) mass is 346 g/mol.